The standard InChI is InChI=1S/C17H18N4O2/c18-20-17(22)10-11-21-15-9-5-4-8-14(15)19-16(21)12-23-13-6-2-1-3-7-13/h1-9H,10-12,18H2,(H,20,22). The summed E-state index contributed by atoms with van der Waals surface area (Å²) in [4.78, 5) is 16.0. The lowest BCUT2D eigenvalue weighted by molar-refractivity contribution is -0.121. The number of hydrogen-bond donors (Lipinski definition) is 2. The Morgan fingerprint density at radius 1 is 1.13 bits per heavy atom. The molecule has 1 amide bonds. The molecule has 3 rings (SSSR count). The van der Waals surface area contributed by atoms with Crippen LogP contribution >= 0.6 is 0 Å². The minimum atomic E-state index is -0.210. The highest BCUT2D eigenvalue weighted by Crippen LogP contribution is 2.18. The first-order valence-corrected chi connectivity index (χ1v) is 7.39. The van der Waals surface area contributed by atoms with Crippen LogP contribution in [0.2, 0.25) is 0 Å². The van der Waals surface area contributed by atoms with E-state index in [1.165, 1.54) is 0 Å². The van der Waals surface area contributed by atoms with Crippen LogP contribution in [0, 0.1) is 0 Å². The minimum Gasteiger partial charge on any atom is -0.486 e. The number of para-hydroxylation sites is 3. The van der Waals surface area contributed by atoms with Gasteiger partial charge in [-0.25, -0.2) is 10.8 Å². The second-order valence-corrected chi connectivity index (χ2v) is 5.09. The zero-order valence-electron chi connectivity index (χ0n) is 12.6. The first-order chi connectivity index (χ1) is 11.3. The number of carbonyl (C=O) groups is 1. The van der Waals surface area contributed by atoms with Crippen molar-refractivity contribution >= 4 is 16.9 Å². The van der Waals surface area contributed by atoms with Crippen molar-refractivity contribution in [3.8, 4) is 5.75 Å². The van der Waals surface area contributed by atoms with Gasteiger partial charge in [-0.05, 0) is 24.3 Å². The number of benzene rings is 2. The predicted octanol–water partition coefficient (Wildman–Crippen LogP) is 2.00. The number of ether oxygens (including phenoxy) is 1. The Balaban J connectivity index is 1.84. The van der Waals surface area contributed by atoms with Crippen LogP contribution in [0.1, 0.15) is 12.2 Å². The molecular formula is C17H18N4O2. The van der Waals surface area contributed by atoms with Crippen molar-refractivity contribution in [3.63, 3.8) is 0 Å². The Morgan fingerprint density at radius 2 is 1.87 bits per heavy atom. The summed E-state index contributed by atoms with van der Waals surface area (Å²) in [5, 5.41) is 0. The largest absolute Gasteiger partial charge is 0.486 e. The van der Waals surface area contributed by atoms with E-state index in [-0.39, 0.29) is 12.3 Å². The molecule has 1 heterocycles. The molecule has 6 nitrogen and oxygen atoms in total. The number of rotatable bonds is 6. The van der Waals surface area contributed by atoms with E-state index < -0.39 is 0 Å². The maximum absolute atomic E-state index is 11.4. The van der Waals surface area contributed by atoms with Gasteiger partial charge in [-0.3, -0.25) is 10.2 Å². The highest BCUT2D eigenvalue weighted by molar-refractivity contribution is 5.77. The number of nitrogens with zero attached hydrogens (tertiary/aromatic N) is 2. The summed E-state index contributed by atoms with van der Waals surface area (Å²) in [7, 11) is 0. The van der Waals surface area contributed by atoms with Gasteiger partial charge in [-0.15, -0.1) is 0 Å². The van der Waals surface area contributed by atoms with Gasteiger partial charge in [-0.1, -0.05) is 30.3 Å². The fourth-order valence-corrected chi connectivity index (χ4v) is 2.44. The Bertz CT molecular complexity index is 799. The molecule has 2 aromatic carbocycles. The summed E-state index contributed by atoms with van der Waals surface area (Å²) in [5.41, 5.74) is 4.01. The molecule has 3 N–H and O–H groups in total. The van der Waals surface area contributed by atoms with E-state index in [0.717, 1.165) is 22.6 Å². The molecule has 0 aliphatic carbocycles. The predicted molar refractivity (Wildman–Crippen MR) is 87.5 cm³/mol. The number of amides is 1. The summed E-state index contributed by atoms with van der Waals surface area (Å²) < 4.78 is 7.78. The van der Waals surface area contributed by atoms with Gasteiger partial charge in [0.1, 0.15) is 18.2 Å². The van der Waals surface area contributed by atoms with E-state index in [0.29, 0.717) is 13.2 Å². The van der Waals surface area contributed by atoms with Gasteiger partial charge in [0.15, 0.2) is 0 Å². The van der Waals surface area contributed by atoms with Crippen LogP contribution in [0.3, 0.4) is 0 Å². The lowest BCUT2D eigenvalue weighted by atomic mass is 10.3. The smallest absolute Gasteiger partial charge is 0.235 e. The van der Waals surface area contributed by atoms with E-state index in [4.69, 9.17) is 10.6 Å². The van der Waals surface area contributed by atoms with Gasteiger partial charge in [0.2, 0.25) is 5.91 Å². The number of nitrogens with two attached hydrogens (primary N) is 1. The molecule has 0 aliphatic rings. The fourth-order valence-electron chi connectivity index (χ4n) is 2.44. The highest BCUT2D eigenvalue weighted by Gasteiger charge is 2.12. The molecule has 1 aromatic heterocycles. The molecule has 0 unspecified atom stereocenters. The minimum absolute atomic E-state index is 0.210. The maximum atomic E-state index is 11.4. The van der Waals surface area contributed by atoms with Crippen LogP contribution in [-0.2, 0) is 17.9 Å². The Hall–Kier alpha value is -2.86. The molecule has 0 bridgehead atoms. The molecular weight excluding hydrogens is 292 g/mol. The molecule has 0 saturated carbocycles. The van der Waals surface area contributed by atoms with Crippen molar-refractivity contribution in [3.05, 3.63) is 60.4 Å². The van der Waals surface area contributed by atoms with E-state index in [2.05, 4.69) is 10.4 Å². The van der Waals surface area contributed by atoms with E-state index >= 15 is 0 Å². The van der Waals surface area contributed by atoms with E-state index in [1.54, 1.807) is 0 Å². The third kappa shape index (κ3) is 3.49. The number of nitrogens with one attached hydrogen (secondary N) is 1. The van der Waals surface area contributed by atoms with Gasteiger partial charge in [0.05, 0.1) is 11.0 Å². The third-order valence-corrected chi connectivity index (χ3v) is 3.57. The number of hydrazine groups is 1. The number of carbonyl (C=O) groups excluding carboxylic acids is 1. The summed E-state index contributed by atoms with van der Waals surface area (Å²) in [6.45, 7) is 0.833. The molecule has 0 saturated heterocycles. The SMILES string of the molecule is NNC(=O)CCn1c(COc2ccccc2)nc2ccccc21. The van der Waals surface area contributed by atoms with Gasteiger partial charge < -0.3 is 9.30 Å². The molecule has 6 heteroatoms. The van der Waals surface area contributed by atoms with Crippen LogP contribution in [0.4, 0.5) is 0 Å². The number of imidazole rings is 1. The zero-order valence-corrected chi connectivity index (χ0v) is 12.6. The summed E-state index contributed by atoms with van der Waals surface area (Å²) in [5.74, 6) is 6.50. The molecule has 0 spiro atoms. The Labute approximate surface area is 133 Å². The van der Waals surface area contributed by atoms with E-state index in [1.807, 2.05) is 59.2 Å². The topological polar surface area (TPSA) is 82.2 Å². The van der Waals surface area contributed by atoms with Crippen LogP contribution in [0.15, 0.2) is 54.6 Å². The first-order valence-electron chi connectivity index (χ1n) is 7.39. The monoisotopic (exact) mass is 310 g/mol. The van der Waals surface area contributed by atoms with Crippen LogP contribution < -0.4 is 16.0 Å². The van der Waals surface area contributed by atoms with Crippen molar-refractivity contribution in [1.82, 2.24) is 15.0 Å². The second-order valence-electron chi connectivity index (χ2n) is 5.09. The Kier molecular flexibility index (Phi) is 4.54. The average molecular weight is 310 g/mol. The zero-order chi connectivity index (χ0) is 16.1. The van der Waals surface area contributed by atoms with Crippen molar-refractivity contribution in [2.24, 2.45) is 5.84 Å². The van der Waals surface area contributed by atoms with Gasteiger partial charge in [-0.2, -0.15) is 0 Å². The number of hydrogen-bond acceptors (Lipinski definition) is 4. The van der Waals surface area contributed by atoms with Crippen molar-refractivity contribution < 1.29 is 9.53 Å². The summed E-state index contributed by atoms with van der Waals surface area (Å²) in [6.07, 6.45) is 0.287. The van der Waals surface area contributed by atoms with Crippen LogP contribution in [0.5, 0.6) is 5.75 Å². The quantitative estimate of drug-likeness (QED) is 0.414. The first kappa shape index (κ1) is 15.1. The lowest BCUT2D eigenvalue weighted by Crippen LogP contribution is -2.30. The van der Waals surface area contributed by atoms with Crippen molar-refractivity contribution in [2.75, 3.05) is 0 Å². The summed E-state index contributed by atoms with van der Waals surface area (Å²) >= 11 is 0. The lowest BCUT2D eigenvalue weighted by Gasteiger charge is -2.10. The van der Waals surface area contributed by atoms with Gasteiger partial charge in [0, 0.05) is 13.0 Å². The number of fused-ring (bicyclic) bond motifs is 1. The van der Waals surface area contributed by atoms with Crippen molar-refractivity contribution in [2.45, 2.75) is 19.6 Å². The maximum Gasteiger partial charge on any atom is 0.235 e. The highest BCUT2D eigenvalue weighted by atomic mass is 16.5. The Morgan fingerprint density at radius 3 is 2.65 bits per heavy atom. The van der Waals surface area contributed by atoms with Crippen LogP contribution in [-0.4, -0.2) is 15.5 Å². The third-order valence-electron chi connectivity index (χ3n) is 3.57. The molecule has 0 aliphatic heterocycles. The number of aromatic nitrogens is 2. The van der Waals surface area contributed by atoms with Gasteiger partial charge in [0.25, 0.3) is 0 Å². The van der Waals surface area contributed by atoms with Gasteiger partial charge >= 0.3 is 0 Å². The average Bonchev–Trinajstić information content (AvgIpc) is 2.96. The van der Waals surface area contributed by atoms with Crippen LogP contribution in [0.25, 0.3) is 11.0 Å². The molecule has 0 atom stereocenters. The normalized spacial score (nSPS) is 10.7. The second kappa shape index (κ2) is 6.93. The fraction of sp³-hybridized carbons (Fsp3) is 0.176. The summed E-state index contributed by atoms with van der Waals surface area (Å²) in [6, 6.07) is 17.4. The molecule has 0 radical (unpaired) electrons. The molecule has 23 heavy (non-hydrogen) atoms. The molecule has 0 fully saturated rings. The number of aryl methyl sites for hydroxylation is 1. The van der Waals surface area contributed by atoms with Crippen molar-refractivity contribution in [1.29, 1.82) is 0 Å². The van der Waals surface area contributed by atoms with E-state index in [9.17, 15) is 4.79 Å². The molecule has 118 valence electrons. The molecule has 3 aromatic rings.